The van der Waals surface area contributed by atoms with Crippen molar-refractivity contribution in [2.24, 2.45) is 0 Å². The normalized spacial score (nSPS) is 11.5. The van der Waals surface area contributed by atoms with Crippen molar-refractivity contribution < 1.29 is 0 Å². The van der Waals surface area contributed by atoms with Gasteiger partial charge >= 0.3 is 0 Å². The number of hydrogen-bond acceptors (Lipinski definition) is 0. The number of aryl methyl sites for hydroxylation is 2. The fourth-order valence-electron chi connectivity index (χ4n) is 7.96. The van der Waals surface area contributed by atoms with E-state index in [2.05, 4.69) is 184 Å². The van der Waals surface area contributed by atoms with Crippen LogP contribution in [0.4, 0.5) is 0 Å². The smallest absolute Gasteiger partial charge is 0.00208 e. The Bertz CT molecular complexity index is 2600. The molecule has 9 rings (SSSR count). The number of rotatable bonds is 4. The van der Waals surface area contributed by atoms with Crippen LogP contribution in [0, 0.1) is 13.8 Å². The third-order valence-electron chi connectivity index (χ3n) is 10.2. The van der Waals surface area contributed by atoms with E-state index in [0.29, 0.717) is 0 Å². The fraction of sp³-hybridized carbons (Fsp3) is 0.0417. The van der Waals surface area contributed by atoms with Gasteiger partial charge in [-0.05, 0) is 119 Å². The molecule has 0 heterocycles. The number of benzene rings is 9. The summed E-state index contributed by atoms with van der Waals surface area (Å²) < 4.78 is 0. The molecule has 9 aromatic rings. The van der Waals surface area contributed by atoms with Crippen LogP contribution in [0.5, 0.6) is 0 Å². The number of hydrogen-bond donors (Lipinski definition) is 0. The Morgan fingerprint density at radius 2 is 0.833 bits per heavy atom. The lowest BCUT2D eigenvalue weighted by Gasteiger charge is -2.21. The highest BCUT2D eigenvalue weighted by atomic mass is 14.2. The average molecular weight is 611 g/mol. The van der Waals surface area contributed by atoms with Gasteiger partial charge in [-0.25, -0.2) is 0 Å². The highest BCUT2D eigenvalue weighted by Gasteiger charge is 2.20. The second-order valence-electron chi connectivity index (χ2n) is 12.9. The van der Waals surface area contributed by atoms with E-state index in [9.17, 15) is 0 Å². The monoisotopic (exact) mass is 610 g/mol. The summed E-state index contributed by atoms with van der Waals surface area (Å²) >= 11 is 0. The molecule has 0 aliphatic rings. The fourth-order valence-corrected chi connectivity index (χ4v) is 7.96. The molecule has 0 spiro atoms. The molecule has 0 atom stereocenters. The molecule has 0 aliphatic carbocycles. The SMILES string of the molecule is Cc1cc2cc(-c3ccccc3)ccc2c(C)c1-c1c2ccccc2c(-c2ccc(-c3cccc4ccccc34)cc2)c2ccccc12. The molecule has 0 amide bonds. The van der Waals surface area contributed by atoms with E-state index in [0.717, 1.165) is 0 Å². The molecule has 48 heavy (non-hydrogen) atoms. The molecule has 0 heteroatoms. The molecule has 0 aliphatic heterocycles. The van der Waals surface area contributed by atoms with Gasteiger partial charge in [0.25, 0.3) is 0 Å². The van der Waals surface area contributed by atoms with Crippen LogP contribution in [0.2, 0.25) is 0 Å². The average Bonchev–Trinajstić information content (AvgIpc) is 3.14. The third kappa shape index (κ3) is 4.53. The first kappa shape index (κ1) is 28.3. The van der Waals surface area contributed by atoms with Crippen LogP contribution in [0.25, 0.3) is 87.6 Å². The quantitative estimate of drug-likeness (QED) is 0.174. The Balaban J connectivity index is 1.25. The molecule has 0 saturated heterocycles. The Morgan fingerprint density at radius 3 is 1.52 bits per heavy atom. The van der Waals surface area contributed by atoms with Crippen LogP contribution in [0.3, 0.4) is 0 Å². The van der Waals surface area contributed by atoms with Crippen LogP contribution < -0.4 is 0 Å². The van der Waals surface area contributed by atoms with Crippen LogP contribution >= 0.6 is 0 Å². The van der Waals surface area contributed by atoms with Crippen molar-refractivity contribution in [3.8, 4) is 44.5 Å². The van der Waals surface area contributed by atoms with Crippen LogP contribution in [0.1, 0.15) is 11.1 Å². The van der Waals surface area contributed by atoms with E-state index >= 15 is 0 Å². The summed E-state index contributed by atoms with van der Waals surface area (Å²) in [5, 5.41) is 10.3. The Morgan fingerprint density at radius 1 is 0.292 bits per heavy atom. The van der Waals surface area contributed by atoms with Gasteiger partial charge in [-0.2, -0.15) is 0 Å². The molecule has 0 N–H and O–H groups in total. The van der Waals surface area contributed by atoms with Gasteiger partial charge < -0.3 is 0 Å². The Labute approximate surface area is 281 Å². The van der Waals surface area contributed by atoms with Crippen molar-refractivity contribution in [2.75, 3.05) is 0 Å². The lowest BCUT2D eigenvalue weighted by atomic mass is 9.82. The second-order valence-corrected chi connectivity index (χ2v) is 12.9. The molecule has 0 fully saturated rings. The van der Waals surface area contributed by atoms with Gasteiger partial charge in [0.05, 0.1) is 0 Å². The van der Waals surface area contributed by atoms with E-state index < -0.39 is 0 Å². The van der Waals surface area contributed by atoms with Crippen molar-refractivity contribution in [1.29, 1.82) is 0 Å². The predicted molar refractivity (Wildman–Crippen MR) is 208 cm³/mol. The third-order valence-corrected chi connectivity index (χ3v) is 10.2. The minimum Gasteiger partial charge on any atom is -0.0622 e. The summed E-state index contributed by atoms with van der Waals surface area (Å²) in [6, 6.07) is 62.3. The van der Waals surface area contributed by atoms with Crippen molar-refractivity contribution in [3.05, 3.63) is 181 Å². The first-order chi connectivity index (χ1) is 23.7. The minimum absolute atomic E-state index is 1.23. The Hall–Kier alpha value is -5.98. The van der Waals surface area contributed by atoms with E-state index in [-0.39, 0.29) is 0 Å². The van der Waals surface area contributed by atoms with Gasteiger partial charge in [-0.1, -0.05) is 164 Å². The molecule has 0 nitrogen and oxygen atoms in total. The molecule has 0 unspecified atom stereocenters. The van der Waals surface area contributed by atoms with Crippen molar-refractivity contribution in [3.63, 3.8) is 0 Å². The Kier molecular flexibility index (Phi) is 6.69. The largest absolute Gasteiger partial charge is 0.0622 e. The molecule has 0 aromatic heterocycles. The minimum atomic E-state index is 1.23. The maximum atomic E-state index is 2.38. The van der Waals surface area contributed by atoms with Gasteiger partial charge in [-0.15, -0.1) is 0 Å². The summed E-state index contributed by atoms with van der Waals surface area (Å²) in [5.41, 5.74) is 12.8. The predicted octanol–water partition coefficient (Wildman–Crippen LogP) is 13.6. The van der Waals surface area contributed by atoms with Crippen LogP contribution in [0.15, 0.2) is 170 Å². The summed E-state index contributed by atoms with van der Waals surface area (Å²) in [6.07, 6.45) is 0. The summed E-state index contributed by atoms with van der Waals surface area (Å²) in [4.78, 5) is 0. The van der Waals surface area contributed by atoms with Gasteiger partial charge in [-0.3, -0.25) is 0 Å². The first-order valence-corrected chi connectivity index (χ1v) is 16.8. The van der Waals surface area contributed by atoms with Gasteiger partial charge in [0, 0.05) is 0 Å². The molecular weight excluding hydrogens is 577 g/mol. The van der Waals surface area contributed by atoms with Gasteiger partial charge in [0.1, 0.15) is 0 Å². The highest BCUT2D eigenvalue weighted by Crippen LogP contribution is 2.47. The molecule has 9 aromatic carbocycles. The topological polar surface area (TPSA) is 0 Å². The van der Waals surface area contributed by atoms with Gasteiger partial charge in [0.15, 0.2) is 0 Å². The standard InChI is InChI=1S/C48H34/c1-31-29-38-30-37(33-13-4-3-5-14-33)27-28-39(38)32(2)46(31)48-44-20-10-8-18-42(44)47(43-19-9-11-21-45(43)48)36-25-23-35(24-26-36)41-22-12-16-34-15-6-7-17-40(34)41/h3-30H,1-2H3. The van der Waals surface area contributed by atoms with E-state index in [1.54, 1.807) is 0 Å². The maximum Gasteiger partial charge on any atom is -0.00208 e. The molecule has 0 saturated carbocycles. The zero-order valence-electron chi connectivity index (χ0n) is 27.2. The number of fused-ring (bicyclic) bond motifs is 4. The summed E-state index contributed by atoms with van der Waals surface area (Å²) in [6.45, 7) is 4.58. The summed E-state index contributed by atoms with van der Waals surface area (Å²) in [7, 11) is 0. The lowest BCUT2D eigenvalue weighted by Crippen LogP contribution is -1.96. The maximum absolute atomic E-state index is 2.38. The van der Waals surface area contributed by atoms with Crippen molar-refractivity contribution in [2.45, 2.75) is 13.8 Å². The second kappa shape index (κ2) is 11.4. The lowest BCUT2D eigenvalue weighted by molar-refractivity contribution is 1.43. The van der Waals surface area contributed by atoms with E-state index in [4.69, 9.17) is 0 Å². The van der Waals surface area contributed by atoms with Crippen LogP contribution in [-0.2, 0) is 0 Å². The zero-order chi connectivity index (χ0) is 32.2. The first-order valence-electron chi connectivity index (χ1n) is 16.8. The molecular formula is C48H34. The van der Waals surface area contributed by atoms with E-state index in [1.165, 1.54) is 98.7 Å². The zero-order valence-corrected chi connectivity index (χ0v) is 27.2. The van der Waals surface area contributed by atoms with Crippen LogP contribution in [-0.4, -0.2) is 0 Å². The van der Waals surface area contributed by atoms with E-state index in [1.807, 2.05) is 0 Å². The molecule has 0 radical (unpaired) electrons. The van der Waals surface area contributed by atoms with Crippen molar-refractivity contribution >= 4 is 43.1 Å². The highest BCUT2D eigenvalue weighted by molar-refractivity contribution is 6.22. The van der Waals surface area contributed by atoms with Gasteiger partial charge in [0.2, 0.25) is 0 Å². The molecule has 0 bridgehead atoms. The summed E-state index contributed by atoms with van der Waals surface area (Å²) in [5.74, 6) is 0. The van der Waals surface area contributed by atoms with Crippen molar-refractivity contribution in [1.82, 2.24) is 0 Å². The molecule has 226 valence electrons.